The van der Waals surface area contributed by atoms with E-state index in [1.807, 2.05) is 0 Å². The molecule has 2 aromatic heterocycles. The fraction of sp³-hybridized carbons (Fsp3) is 0.158. The molecule has 0 atom stereocenters. The molecule has 156 valence electrons. The van der Waals surface area contributed by atoms with Crippen LogP contribution in [0, 0.1) is 0 Å². The Bertz CT molecular complexity index is 1440. The number of nitrogens with zero attached hydrogens (tertiary/aromatic N) is 2. The highest BCUT2D eigenvalue weighted by Gasteiger charge is 2.30. The second-order valence-corrected chi connectivity index (χ2v) is 8.48. The number of hydrogen-bond acceptors (Lipinski definition) is 4. The molecule has 4 rings (SSSR count). The van der Waals surface area contributed by atoms with Crippen molar-refractivity contribution in [3.8, 4) is 11.1 Å². The van der Waals surface area contributed by atoms with Gasteiger partial charge in [0.2, 0.25) is 10.0 Å². The van der Waals surface area contributed by atoms with Crippen LogP contribution in [0.3, 0.4) is 0 Å². The van der Waals surface area contributed by atoms with E-state index in [2.05, 4.69) is 10.2 Å². The van der Waals surface area contributed by atoms with Gasteiger partial charge >= 0.3 is 6.18 Å². The van der Waals surface area contributed by atoms with Gasteiger partial charge in [-0.05, 0) is 22.8 Å². The fourth-order valence-electron chi connectivity index (χ4n) is 3.52. The highest BCUT2D eigenvalue weighted by Crippen LogP contribution is 2.31. The van der Waals surface area contributed by atoms with E-state index in [4.69, 9.17) is 5.14 Å². The summed E-state index contributed by atoms with van der Waals surface area (Å²) in [4.78, 5) is 12.7. The smallest absolute Gasteiger partial charge is 0.298 e. The quantitative estimate of drug-likeness (QED) is 0.512. The van der Waals surface area contributed by atoms with Crippen LogP contribution in [0.2, 0.25) is 0 Å². The number of benzene rings is 2. The zero-order valence-electron chi connectivity index (χ0n) is 15.3. The third kappa shape index (κ3) is 3.81. The predicted molar refractivity (Wildman–Crippen MR) is 106 cm³/mol. The molecule has 0 unspecified atom stereocenters. The molecule has 0 saturated carbocycles. The molecular weight excluding hydrogens is 421 g/mol. The Labute approximate surface area is 168 Å². The maximum absolute atomic E-state index is 13.2. The summed E-state index contributed by atoms with van der Waals surface area (Å²) in [5.74, 6) is -0.434. The van der Waals surface area contributed by atoms with E-state index >= 15 is 0 Å². The van der Waals surface area contributed by atoms with E-state index in [-0.39, 0.29) is 10.9 Å². The van der Waals surface area contributed by atoms with E-state index in [9.17, 15) is 26.4 Å². The van der Waals surface area contributed by atoms with Crippen molar-refractivity contribution in [1.29, 1.82) is 0 Å². The lowest BCUT2D eigenvalue weighted by molar-refractivity contribution is -0.140. The van der Waals surface area contributed by atoms with Crippen LogP contribution in [-0.2, 0) is 22.3 Å². The van der Waals surface area contributed by atoms with Crippen molar-refractivity contribution in [3.05, 3.63) is 64.6 Å². The summed E-state index contributed by atoms with van der Waals surface area (Å²) in [7, 11) is -3.83. The van der Waals surface area contributed by atoms with Gasteiger partial charge in [0.1, 0.15) is 6.54 Å². The second-order valence-electron chi connectivity index (χ2n) is 6.86. The van der Waals surface area contributed by atoms with Crippen molar-refractivity contribution in [2.75, 3.05) is 0 Å². The summed E-state index contributed by atoms with van der Waals surface area (Å²) in [6.45, 7) is -1.47. The van der Waals surface area contributed by atoms with E-state index in [1.165, 1.54) is 12.3 Å². The first kappa shape index (κ1) is 20.1. The topological polar surface area (TPSA) is 111 Å². The van der Waals surface area contributed by atoms with Crippen LogP contribution >= 0.6 is 0 Å². The van der Waals surface area contributed by atoms with Crippen molar-refractivity contribution in [2.45, 2.75) is 18.5 Å². The van der Waals surface area contributed by atoms with Gasteiger partial charge in [-0.1, -0.05) is 36.4 Å². The monoisotopic (exact) mass is 436 g/mol. The Balaban J connectivity index is 2.01. The first-order chi connectivity index (χ1) is 14.0. The Kier molecular flexibility index (Phi) is 4.66. The maximum Gasteiger partial charge on any atom is 0.406 e. The number of pyridine rings is 1. The molecule has 3 N–H and O–H groups in total. The van der Waals surface area contributed by atoms with Crippen LogP contribution in [0.4, 0.5) is 13.2 Å². The zero-order valence-corrected chi connectivity index (χ0v) is 16.1. The van der Waals surface area contributed by atoms with E-state index in [1.54, 1.807) is 36.4 Å². The third-order valence-corrected chi connectivity index (χ3v) is 5.41. The van der Waals surface area contributed by atoms with Gasteiger partial charge in [0, 0.05) is 5.39 Å². The fourth-order valence-corrected chi connectivity index (χ4v) is 4.21. The Morgan fingerprint density at radius 3 is 2.53 bits per heavy atom. The van der Waals surface area contributed by atoms with Crippen LogP contribution in [0.1, 0.15) is 5.56 Å². The number of halogens is 3. The van der Waals surface area contributed by atoms with Crippen molar-refractivity contribution in [3.63, 3.8) is 0 Å². The summed E-state index contributed by atoms with van der Waals surface area (Å²) in [5, 5.41) is 12.0. The molecule has 0 fully saturated rings. The average molecular weight is 436 g/mol. The second kappa shape index (κ2) is 6.96. The summed E-state index contributed by atoms with van der Waals surface area (Å²) in [6.07, 6.45) is -3.42. The highest BCUT2D eigenvalue weighted by molar-refractivity contribution is 7.88. The highest BCUT2D eigenvalue weighted by atomic mass is 32.2. The molecule has 11 heteroatoms. The standard InChI is InChI=1S/C19H15F3N4O3S/c20-19(21,22)10-26-16-7-11(13-4-2-1-3-12(13)9-30(23,28)29)5-6-14(16)17-15(18(26)27)8-24-25-17/h1-8H,9-10H2,(H,24,25)(H2,23,28,29). The minimum absolute atomic E-state index is 0.0501. The average Bonchev–Trinajstić information content (AvgIpc) is 3.13. The number of fused-ring (bicyclic) bond motifs is 3. The number of aromatic amines is 1. The normalized spacial score (nSPS) is 12.7. The predicted octanol–water partition coefficient (Wildman–Crippen LogP) is 2.90. The van der Waals surface area contributed by atoms with E-state index in [0.717, 1.165) is 0 Å². The zero-order chi connectivity index (χ0) is 21.7. The van der Waals surface area contributed by atoms with Crippen LogP contribution < -0.4 is 10.7 Å². The van der Waals surface area contributed by atoms with Gasteiger partial charge in [-0.25, -0.2) is 13.6 Å². The van der Waals surface area contributed by atoms with Crippen molar-refractivity contribution >= 4 is 31.8 Å². The first-order valence-corrected chi connectivity index (χ1v) is 10.4. The number of H-pyrrole nitrogens is 1. The molecule has 30 heavy (non-hydrogen) atoms. The minimum atomic E-state index is -4.62. The van der Waals surface area contributed by atoms with Gasteiger partial charge in [-0.15, -0.1) is 0 Å². The molecule has 0 aliphatic carbocycles. The molecule has 7 nitrogen and oxygen atoms in total. The van der Waals surface area contributed by atoms with Crippen LogP contribution in [-0.4, -0.2) is 29.4 Å². The lowest BCUT2D eigenvalue weighted by Gasteiger charge is -2.15. The Morgan fingerprint density at radius 2 is 1.83 bits per heavy atom. The first-order valence-electron chi connectivity index (χ1n) is 8.69. The van der Waals surface area contributed by atoms with E-state index < -0.39 is 34.1 Å². The summed E-state index contributed by atoms with van der Waals surface area (Å²) >= 11 is 0. The van der Waals surface area contributed by atoms with Crippen molar-refractivity contribution < 1.29 is 21.6 Å². The molecule has 0 aliphatic heterocycles. The number of nitrogens with one attached hydrogen (secondary N) is 1. The van der Waals surface area contributed by atoms with Gasteiger partial charge < -0.3 is 0 Å². The molecular formula is C19H15F3N4O3S. The number of sulfonamides is 1. The lowest BCUT2D eigenvalue weighted by atomic mass is 9.98. The van der Waals surface area contributed by atoms with Crippen molar-refractivity contribution in [2.24, 2.45) is 5.14 Å². The number of hydrogen-bond donors (Lipinski definition) is 2. The maximum atomic E-state index is 13.2. The molecule has 0 spiro atoms. The van der Waals surface area contributed by atoms with Crippen LogP contribution in [0.25, 0.3) is 32.9 Å². The summed E-state index contributed by atoms with van der Waals surface area (Å²) in [6, 6.07) is 11.2. The van der Waals surface area contributed by atoms with Gasteiger partial charge in [0.05, 0.1) is 28.4 Å². The van der Waals surface area contributed by atoms with Crippen LogP contribution in [0.15, 0.2) is 53.5 Å². The van der Waals surface area contributed by atoms with Crippen LogP contribution in [0.5, 0.6) is 0 Å². The largest absolute Gasteiger partial charge is 0.406 e. The number of nitrogens with two attached hydrogens (primary N) is 1. The minimum Gasteiger partial charge on any atom is -0.298 e. The Hall–Kier alpha value is -3.18. The molecule has 0 aliphatic rings. The number of primary sulfonamides is 1. The molecule has 2 heterocycles. The van der Waals surface area contributed by atoms with E-state index in [0.29, 0.717) is 32.2 Å². The summed E-state index contributed by atoms with van der Waals surface area (Å²) in [5.41, 5.74) is 0.903. The van der Waals surface area contributed by atoms with Gasteiger partial charge in [-0.2, -0.15) is 18.3 Å². The SMILES string of the molecule is NS(=O)(=O)Cc1ccccc1-c1ccc2c3[nH]ncc3c(=O)n(CC(F)(F)F)c2c1. The number of aromatic nitrogens is 3. The van der Waals surface area contributed by atoms with Gasteiger partial charge in [0.25, 0.3) is 5.56 Å². The van der Waals surface area contributed by atoms with Gasteiger partial charge in [0.15, 0.2) is 0 Å². The molecule has 0 saturated heterocycles. The lowest BCUT2D eigenvalue weighted by Crippen LogP contribution is -2.28. The molecule has 2 aromatic carbocycles. The molecule has 0 bridgehead atoms. The molecule has 4 aromatic rings. The molecule has 0 radical (unpaired) electrons. The number of alkyl halides is 3. The summed E-state index contributed by atoms with van der Waals surface area (Å²) < 4.78 is 63.3. The molecule has 0 amide bonds. The van der Waals surface area contributed by atoms with Crippen molar-refractivity contribution in [1.82, 2.24) is 14.8 Å². The third-order valence-electron chi connectivity index (χ3n) is 4.70. The van der Waals surface area contributed by atoms with Gasteiger partial charge in [-0.3, -0.25) is 14.5 Å². The Morgan fingerprint density at radius 1 is 1.10 bits per heavy atom. The number of rotatable bonds is 4.